The molecule has 0 unspecified atom stereocenters. The Hall–Kier alpha value is -2.14. The summed E-state index contributed by atoms with van der Waals surface area (Å²) >= 11 is 1.40. The third kappa shape index (κ3) is 3.70. The molecular weight excluding hydrogens is 286 g/mol. The number of ether oxygens (including phenoxy) is 1. The average Bonchev–Trinajstić information content (AvgIpc) is 2.96. The van der Waals surface area contributed by atoms with Crippen LogP contribution in [-0.4, -0.2) is 25.0 Å². The fourth-order valence-electron chi connectivity index (χ4n) is 1.87. The van der Waals surface area contributed by atoms with Gasteiger partial charge in [0.1, 0.15) is 0 Å². The molecule has 0 aliphatic heterocycles. The third-order valence-corrected chi connectivity index (χ3v) is 3.95. The second kappa shape index (κ2) is 6.54. The highest BCUT2D eigenvalue weighted by atomic mass is 32.1. The van der Waals surface area contributed by atoms with Gasteiger partial charge in [0.2, 0.25) is 0 Å². The maximum Gasteiger partial charge on any atom is 0.337 e. The summed E-state index contributed by atoms with van der Waals surface area (Å²) < 4.78 is 4.71. The minimum Gasteiger partial charge on any atom is -0.465 e. The Balaban J connectivity index is 2.25. The molecule has 21 heavy (non-hydrogen) atoms. The van der Waals surface area contributed by atoms with E-state index in [1.54, 1.807) is 24.3 Å². The summed E-state index contributed by atoms with van der Waals surface area (Å²) in [6.45, 7) is 3.85. The standard InChI is InChI=1S/C16H17NO3S/c1-10(2)17-15(18)14-8-7-13(21-14)11-5-4-6-12(9-11)16(19)20-3/h4-10H,1-3H3,(H,17,18). The molecule has 4 nitrogen and oxygen atoms in total. The number of nitrogens with one attached hydrogen (secondary N) is 1. The molecule has 0 spiro atoms. The van der Waals surface area contributed by atoms with Gasteiger partial charge >= 0.3 is 5.97 Å². The van der Waals surface area contributed by atoms with Crippen LogP contribution in [0.3, 0.4) is 0 Å². The summed E-state index contributed by atoms with van der Waals surface area (Å²) in [4.78, 5) is 25.1. The fourth-order valence-corrected chi connectivity index (χ4v) is 2.77. The van der Waals surface area contributed by atoms with Gasteiger partial charge in [0.25, 0.3) is 5.91 Å². The molecule has 0 radical (unpaired) electrons. The van der Waals surface area contributed by atoms with Crippen molar-refractivity contribution in [1.29, 1.82) is 0 Å². The predicted octanol–water partition coefficient (Wildman–Crippen LogP) is 3.34. The van der Waals surface area contributed by atoms with Gasteiger partial charge in [0.05, 0.1) is 17.6 Å². The van der Waals surface area contributed by atoms with Crippen molar-refractivity contribution in [2.75, 3.05) is 7.11 Å². The van der Waals surface area contributed by atoms with E-state index >= 15 is 0 Å². The SMILES string of the molecule is COC(=O)c1cccc(-c2ccc(C(=O)NC(C)C)s2)c1. The van der Waals surface area contributed by atoms with Gasteiger partial charge in [-0.3, -0.25) is 4.79 Å². The number of carbonyl (C=O) groups excluding carboxylic acids is 2. The zero-order valence-electron chi connectivity index (χ0n) is 12.2. The molecule has 1 amide bonds. The van der Waals surface area contributed by atoms with E-state index in [0.717, 1.165) is 10.4 Å². The van der Waals surface area contributed by atoms with E-state index < -0.39 is 0 Å². The van der Waals surface area contributed by atoms with Gasteiger partial charge in [-0.05, 0) is 43.7 Å². The summed E-state index contributed by atoms with van der Waals surface area (Å²) in [6.07, 6.45) is 0. The van der Waals surface area contributed by atoms with Gasteiger partial charge in [-0.25, -0.2) is 4.79 Å². The molecule has 1 aromatic carbocycles. The van der Waals surface area contributed by atoms with Gasteiger partial charge in [-0.2, -0.15) is 0 Å². The molecule has 0 aliphatic carbocycles. The van der Waals surface area contributed by atoms with E-state index in [4.69, 9.17) is 4.74 Å². The van der Waals surface area contributed by atoms with Gasteiger partial charge in [0.15, 0.2) is 0 Å². The number of hydrogen-bond acceptors (Lipinski definition) is 4. The van der Waals surface area contributed by atoms with Crippen LogP contribution in [0.1, 0.15) is 33.9 Å². The number of amides is 1. The Bertz CT molecular complexity index is 661. The van der Waals surface area contributed by atoms with Crippen molar-refractivity contribution in [2.24, 2.45) is 0 Å². The Morgan fingerprint density at radius 2 is 1.95 bits per heavy atom. The molecule has 1 N–H and O–H groups in total. The van der Waals surface area contributed by atoms with Gasteiger partial charge in [-0.1, -0.05) is 12.1 Å². The molecule has 0 bridgehead atoms. The van der Waals surface area contributed by atoms with Crippen LogP contribution >= 0.6 is 11.3 Å². The summed E-state index contributed by atoms with van der Waals surface area (Å²) in [7, 11) is 1.36. The zero-order chi connectivity index (χ0) is 15.4. The number of thiophene rings is 1. The number of methoxy groups -OCH3 is 1. The Labute approximate surface area is 127 Å². The minimum atomic E-state index is -0.369. The third-order valence-electron chi connectivity index (χ3n) is 2.82. The van der Waals surface area contributed by atoms with Crippen molar-refractivity contribution in [1.82, 2.24) is 5.32 Å². The zero-order valence-corrected chi connectivity index (χ0v) is 13.0. The highest BCUT2D eigenvalue weighted by Crippen LogP contribution is 2.28. The van der Waals surface area contributed by atoms with Crippen LogP contribution in [-0.2, 0) is 4.74 Å². The molecule has 0 saturated carbocycles. The molecule has 2 rings (SSSR count). The fraction of sp³-hybridized carbons (Fsp3) is 0.250. The lowest BCUT2D eigenvalue weighted by atomic mass is 10.1. The molecule has 1 aromatic heterocycles. The number of carbonyl (C=O) groups is 2. The summed E-state index contributed by atoms with van der Waals surface area (Å²) in [6, 6.07) is 11.0. The van der Waals surface area contributed by atoms with Crippen molar-refractivity contribution in [3.63, 3.8) is 0 Å². The lowest BCUT2D eigenvalue weighted by Crippen LogP contribution is -2.29. The summed E-state index contributed by atoms with van der Waals surface area (Å²) in [5, 5.41) is 2.86. The Kier molecular flexibility index (Phi) is 4.75. The quantitative estimate of drug-likeness (QED) is 0.881. The van der Waals surface area contributed by atoms with Crippen molar-refractivity contribution in [2.45, 2.75) is 19.9 Å². The first-order valence-electron chi connectivity index (χ1n) is 6.60. The summed E-state index contributed by atoms with van der Waals surface area (Å²) in [5.41, 5.74) is 1.39. The van der Waals surface area contributed by atoms with Gasteiger partial charge in [-0.15, -0.1) is 11.3 Å². The van der Waals surface area contributed by atoms with Crippen LogP contribution in [0, 0.1) is 0 Å². The van der Waals surface area contributed by atoms with E-state index in [1.165, 1.54) is 18.4 Å². The normalized spacial score (nSPS) is 10.5. The number of esters is 1. The number of benzene rings is 1. The van der Waals surface area contributed by atoms with Crippen LogP contribution < -0.4 is 5.32 Å². The second-order valence-corrected chi connectivity index (χ2v) is 5.95. The number of rotatable bonds is 4. The van der Waals surface area contributed by atoms with E-state index in [-0.39, 0.29) is 17.9 Å². The van der Waals surface area contributed by atoms with E-state index in [0.29, 0.717) is 10.4 Å². The first-order valence-corrected chi connectivity index (χ1v) is 7.42. The van der Waals surface area contributed by atoms with Gasteiger partial charge < -0.3 is 10.1 Å². The monoisotopic (exact) mass is 303 g/mol. The van der Waals surface area contributed by atoms with Crippen molar-refractivity contribution in [3.8, 4) is 10.4 Å². The van der Waals surface area contributed by atoms with Crippen LogP contribution in [0.15, 0.2) is 36.4 Å². The second-order valence-electron chi connectivity index (χ2n) is 4.86. The topological polar surface area (TPSA) is 55.4 Å². The smallest absolute Gasteiger partial charge is 0.337 e. The lowest BCUT2D eigenvalue weighted by Gasteiger charge is -2.06. The average molecular weight is 303 g/mol. The molecule has 0 aliphatic rings. The largest absolute Gasteiger partial charge is 0.465 e. The number of hydrogen-bond donors (Lipinski definition) is 1. The highest BCUT2D eigenvalue weighted by molar-refractivity contribution is 7.17. The predicted molar refractivity (Wildman–Crippen MR) is 83.7 cm³/mol. The maximum atomic E-state index is 11.9. The highest BCUT2D eigenvalue weighted by Gasteiger charge is 2.12. The van der Waals surface area contributed by atoms with Crippen molar-refractivity contribution >= 4 is 23.2 Å². The molecule has 110 valence electrons. The molecule has 1 heterocycles. The van der Waals surface area contributed by atoms with Crippen LogP contribution in [0.2, 0.25) is 0 Å². The molecule has 5 heteroatoms. The molecule has 0 fully saturated rings. The first-order chi connectivity index (χ1) is 10.0. The van der Waals surface area contributed by atoms with Crippen molar-refractivity contribution < 1.29 is 14.3 Å². The maximum absolute atomic E-state index is 11.9. The first kappa shape index (κ1) is 15.3. The van der Waals surface area contributed by atoms with Crippen LogP contribution in [0.4, 0.5) is 0 Å². The molecule has 0 atom stereocenters. The Morgan fingerprint density at radius 3 is 2.62 bits per heavy atom. The van der Waals surface area contributed by atoms with E-state index in [2.05, 4.69) is 5.32 Å². The summed E-state index contributed by atoms with van der Waals surface area (Å²) in [5.74, 6) is -0.448. The van der Waals surface area contributed by atoms with E-state index in [1.807, 2.05) is 26.0 Å². The molecule has 0 saturated heterocycles. The van der Waals surface area contributed by atoms with Crippen molar-refractivity contribution in [3.05, 3.63) is 46.8 Å². The van der Waals surface area contributed by atoms with Crippen LogP contribution in [0.25, 0.3) is 10.4 Å². The minimum absolute atomic E-state index is 0.0784. The lowest BCUT2D eigenvalue weighted by molar-refractivity contribution is 0.0600. The van der Waals surface area contributed by atoms with E-state index in [9.17, 15) is 9.59 Å². The van der Waals surface area contributed by atoms with Crippen LogP contribution in [0.5, 0.6) is 0 Å². The Morgan fingerprint density at radius 1 is 1.19 bits per heavy atom. The van der Waals surface area contributed by atoms with Gasteiger partial charge in [0, 0.05) is 10.9 Å². The molecule has 2 aromatic rings. The molecular formula is C16H17NO3S.